The normalized spacial score (nSPS) is 20.6. The van der Waals surface area contributed by atoms with Crippen molar-refractivity contribution < 1.29 is 4.74 Å². The summed E-state index contributed by atoms with van der Waals surface area (Å²) in [5.41, 5.74) is 8.95. The van der Waals surface area contributed by atoms with E-state index in [0.29, 0.717) is 5.92 Å². The molecule has 100 valence electrons. The molecular weight excluding hydrogens is 222 g/mol. The maximum absolute atomic E-state index is 6.46. The first-order valence-electron chi connectivity index (χ1n) is 7.08. The molecule has 2 atom stereocenters. The summed E-state index contributed by atoms with van der Waals surface area (Å²) in [6.07, 6.45) is 6.70. The van der Waals surface area contributed by atoms with Crippen LogP contribution in [-0.4, -0.2) is 13.2 Å². The Kier molecular flexibility index (Phi) is 4.79. The summed E-state index contributed by atoms with van der Waals surface area (Å²) < 4.78 is 5.74. The molecule has 0 aromatic heterocycles. The third kappa shape index (κ3) is 2.93. The van der Waals surface area contributed by atoms with Crippen LogP contribution in [0, 0.1) is 12.8 Å². The van der Waals surface area contributed by atoms with E-state index >= 15 is 0 Å². The molecule has 2 nitrogen and oxygen atoms in total. The summed E-state index contributed by atoms with van der Waals surface area (Å²) in [4.78, 5) is 0. The second kappa shape index (κ2) is 6.35. The Balaban J connectivity index is 2.14. The van der Waals surface area contributed by atoms with Crippen molar-refractivity contribution in [3.05, 3.63) is 35.4 Å². The number of ether oxygens (including phenoxy) is 1. The minimum absolute atomic E-state index is 0.000648. The zero-order valence-electron chi connectivity index (χ0n) is 11.6. The van der Waals surface area contributed by atoms with Gasteiger partial charge in [-0.25, -0.2) is 0 Å². The van der Waals surface area contributed by atoms with Crippen LogP contribution in [0.1, 0.15) is 49.3 Å². The van der Waals surface area contributed by atoms with E-state index in [-0.39, 0.29) is 12.1 Å². The van der Waals surface area contributed by atoms with E-state index in [4.69, 9.17) is 10.5 Å². The van der Waals surface area contributed by atoms with Crippen LogP contribution < -0.4 is 5.73 Å². The lowest BCUT2D eigenvalue weighted by atomic mass is 9.80. The first-order chi connectivity index (χ1) is 8.74. The van der Waals surface area contributed by atoms with Crippen LogP contribution in [0.25, 0.3) is 0 Å². The Bertz CT molecular complexity index is 371. The van der Waals surface area contributed by atoms with Gasteiger partial charge >= 0.3 is 0 Å². The van der Waals surface area contributed by atoms with Gasteiger partial charge in [-0.15, -0.1) is 0 Å². The second-order valence-corrected chi connectivity index (χ2v) is 5.48. The molecule has 1 aromatic carbocycles. The Morgan fingerprint density at radius 3 is 2.44 bits per heavy atom. The quantitative estimate of drug-likeness (QED) is 0.882. The van der Waals surface area contributed by atoms with Crippen molar-refractivity contribution in [3.8, 4) is 0 Å². The van der Waals surface area contributed by atoms with Crippen LogP contribution in [0.2, 0.25) is 0 Å². The molecule has 0 heterocycles. The van der Waals surface area contributed by atoms with Crippen molar-refractivity contribution in [2.45, 2.75) is 51.2 Å². The highest BCUT2D eigenvalue weighted by Crippen LogP contribution is 2.33. The fraction of sp³-hybridized carbons (Fsp3) is 0.625. The molecule has 2 heteroatoms. The van der Waals surface area contributed by atoms with Gasteiger partial charge in [0, 0.05) is 7.11 Å². The molecule has 2 rings (SSSR count). The SMILES string of the molecule is COC(C1CCCCC1)C(N)c1ccccc1C. The van der Waals surface area contributed by atoms with Crippen LogP contribution >= 0.6 is 0 Å². The van der Waals surface area contributed by atoms with Crippen LogP contribution in [0.4, 0.5) is 0 Å². The van der Waals surface area contributed by atoms with Gasteiger partial charge in [-0.05, 0) is 36.8 Å². The number of hydrogen-bond donors (Lipinski definition) is 1. The fourth-order valence-electron chi connectivity index (χ4n) is 3.23. The number of methoxy groups -OCH3 is 1. The van der Waals surface area contributed by atoms with Gasteiger partial charge in [-0.3, -0.25) is 0 Å². The van der Waals surface area contributed by atoms with E-state index in [1.807, 2.05) is 0 Å². The standard InChI is InChI=1S/C16H25NO/c1-12-8-6-7-11-14(12)15(17)16(18-2)13-9-4-3-5-10-13/h6-8,11,13,15-16H,3-5,9-10,17H2,1-2H3. The first kappa shape index (κ1) is 13.6. The molecule has 0 radical (unpaired) electrons. The minimum Gasteiger partial charge on any atom is -0.379 e. The zero-order valence-corrected chi connectivity index (χ0v) is 11.6. The average molecular weight is 247 g/mol. The molecule has 1 saturated carbocycles. The molecule has 1 fully saturated rings. The molecule has 18 heavy (non-hydrogen) atoms. The monoisotopic (exact) mass is 247 g/mol. The van der Waals surface area contributed by atoms with E-state index in [9.17, 15) is 0 Å². The Morgan fingerprint density at radius 1 is 1.17 bits per heavy atom. The molecule has 1 aliphatic carbocycles. The van der Waals surface area contributed by atoms with Crippen molar-refractivity contribution in [3.63, 3.8) is 0 Å². The highest BCUT2D eigenvalue weighted by Gasteiger charge is 2.29. The van der Waals surface area contributed by atoms with Gasteiger partial charge in [0.25, 0.3) is 0 Å². The third-order valence-electron chi connectivity index (χ3n) is 4.29. The van der Waals surface area contributed by atoms with Crippen LogP contribution in [0.3, 0.4) is 0 Å². The van der Waals surface area contributed by atoms with Gasteiger partial charge in [0.2, 0.25) is 0 Å². The lowest BCUT2D eigenvalue weighted by Crippen LogP contribution is -2.36. The summed E-state index contributed by atoms with van der Waals surface area (Å²) in [6, 6.07) is 8.39. The third-order valence-corrected chi connectivity index (χ3v) is 4.29. The van der Waals surface area contributed by atoms with Gasteiger partial charge in [0.15, 0.2) is 0 Å². The maximum atomic E-state index is 6.46. The largest absolute Gasteiger partial charge is 0.379 e. The molecule has 1 aliphatic rings. The fourth-order valence-corrected chi connectivity index (χ4v) is 3.23. The lowest BCUT2D eigenvalue weighted by molar-refractivity contribution is 0.0171. The molecule has 0 saturated heterocycles. The van der Waals surface area contributed by atoms with Crippen molar-refractivity contribution in [2.24, 2.45) is 11.7 Å². The predicted octanol–water partition coefficient (Wildman–Crippen LogP) is 3.59. The van der Waals surface area contributed by atoms with Crippen molar-refractivity contribution in [2.75, 3.05) is 7.11 Å². The first-order valence-corrected chi connectivity index (χ1v) is 7.08. The zero-order chi connectivity index (χ0) is 13.0. The topological polar surface area (TPSA) is 35.2 Å². The molecule has 2 unspecified atom stereocenters. The molecule has 1 aromatic rings. The molecule has 2 N–H and O–H groups in total. The predicted molar refractivity (Wildman–Crippen MR) is 75.5 cm³/mol. The number of hydrogen-bond acceptors (Lipinski definition) is 2. The highest BCUT2D eigenvalue weighted by molar-refractivity contribution is 5.29. The smallest absolute Gasteiger partial charge is 0.0791 e. The van der Waals surface area contributed by atoms with E-state index in [1.165, 1.54) is 43.2 Å². The Labute approximate surface area is 111 Å². The van der Waals surface area contributed by atoms with E-state index < -0.39 is 0 Å². The Hall–Kier alpha value is -0.860. The van der Waals surface area contributed by atoms with Gasteiger partial charge in [-0.1, -0.05) is 43.5 Å². The van der Waals surface area contributed by atoms with E-state index in [1.54, 1.807) is 7.11 Å². The molecule has 0 aliphatic heterocycles. The lowest BCUT2D eigenvalue weighted by Gasteiger charge is -2.33. The summed E-state index contributed by atoms with van der Waals surface area (Å²) >= 11 is 0. The van der Waals surface area contributed by atoms with Crippen LogP contribution in [0.15, 0.2) is 24.3 Å². The highest BCUT2D eigenvalue weighted by atomic mass is 16.5. The summed E-state index contributed by atoms with van der Waals surface area (Å²) in [7, 11) is 1.80. The maximum Gasteiger partial charge on any atom is 0.0791 e. The van der Waals surface area contributed by atoms with E-state index in [0.717, 1.165) is 0 Å². The summed E-state index contributed by atoms with van der Waals surface area (Å²) in [5, 5.41) is 0. The minimum atomic E-state index is -0.000648. The summed E-state index contributed by atoms with van der Waals surface area (Å²) in [5.74, 6) is 0.623. The number of nitrogens with two attached hydrogens (primary N) is 1. The number of rotatable bonds is 4. The van der Waals surface area contributed by atoms with Gasteiger partial charge in [0.05, 0.1) is 12.1 Å². The second-order valence-electron chi connectivity index (χ2n) is 5.48. The van der Waals surface area contributed by atoms with Crippen molar-refractivity contribution in [1.82, 2.24) is 0 Å². The van der Waals surface area contributed by atoms with Crippen molar-refractivity contribution in [1.29, 1.82) is 0 Å². The Morgan fingerprint density at radius 2 is 1.83 bits per heavy atom. The molecular formula is C16H25NO. The number of benzene rings is 1. The number of aryl methyl sites for hydroxylation is 1. The van der Waals surface area contributed by atoms with Gasteiger partial charge in [0.1, 0.15) is 0 Å². The van der Waals surface area contributed by atoms with E-state index in [2.05, 4.69) is 31.2 Å². The summed E-state index contributed by atoms with van der Waals surface area (Å²) in [6.45, 7) is 2.13. The average Bonchev–Trinajstić information content (AvgIpc) is 2.41. The molecule has 0 amide bonds. The van der Waals surface area contributed by atoms with Gasteiger partial charge < -0.3 is 10.5 Å². The van der Waals surface area contributed by atoms with Crippen molar-refractivity contribution >= 4 is 0 Å². The molecule has 0 spiro atoms. The molecule has 0 bridgehead atoms. The van der Waals surface area contributed by atoms with Crippen LogP contribution in [-0.2, 0) is 4.74 Å². The van der Waals surface area contributed by atoms with Crippen LogP contribution in [0.5, 0.6) is 0 Å². The van der Waals surface area contributed by atoms with Gasteiger partial charge in [-0.2, -0.15) is 0 Å².